The van der Waals surface area contributed by atoms with Crippen LogP contribution in [0.2, 0.25) is 0 Å². The van der Waals surface area contributed by atoms with Crippen LogP contribution in [0.4, 0.5) is 5.82 Å². The van der Waals surface area contributed by atoms with E-state index in [4.69, 9.17) is 4.98 Å². The molecule has 0 unspecified atom stereocenters. The number of aromatic nitrogens is 1. The minimum Gasteiger partial charge on any atom is -0.356 e. The van der Waals surface area contributed by atoms with Crippen molar-refractivity contribution in [2.24, 2.45) is 0 Å². The Hall–Kier alpha value is -1.90. The first kappa shape index (κ1) is 12.2. The normalized spacial score (nSPS) is 15.7. The van der Waals surface area contributed by atoms with E-state index in [-0.39, 0.29) is 0 Å². The van der Waals surface area contributed by atoms with Gasteiger partial charge in [0, 0.05) is 18.5 Å². The zero-order valence-electron chi connectivity index (χ0n) is 11.2. The summed E-state index contributed by atoms with van der Waals surface area (Å²) >= 11 is 0. The summed E-state index contributed by atoms with van der Waals surface area (Å²) in [5.41, 5.74) is 2.87. The number of rotatable bonds is 2. The maximum atomic E-state index is 11.3. The van der Waals surface area contributed by atoms with E-state index < -0.39 is 0 Å². The molecule has 1 aromatic carbocycles. The SMILES string of the molecule is Cc1ccc2nc(N3CCCCC3)c(C=O)cc2c1. The van der Waals surface area contributed by atoms with E-state index in [1.807, 2.05) is 12.1 Å². The second kappa shape index (κ2) is 5.00. The topological polar surface area (TPSA) is 33.2 Å². The molecule has 1 aromatic heterocycles. The Morgan fingerprint density at radius 1 is 1.16 bits per heavy atom. The van der Waals surface area contributed by atoms with Crippen molar-refractivity contribution >= 4 is 23.0 Å². The van der Waals surface area contributed by atoms with Crippen molar-refractivity contribution in [1.29, 1.82) is 0 Å². The highest BCUT2D eigenvalue weighted by Gasteiger charge is 2.16. The molecule has 0 atom stereocenters. The third-order valence-corrected chi connectivity index (χ3v) is 3.76. The minimum atomic E-state index is 0.708. The molecular formula is C16H18N2O. The van der Waals surface area contributed by atoms with Gasteiger partial charge in [-0.15, -0.1) is 0 Å². The van der Waals surface area contributed by atoms with Crippen LogP contribution >= 0.6 is 0 Å². The Morgan fingerprint density at radius 3 is 2.68 bits per heavy atom. The lowest BCUT2D eigenvalue weighted by molar-refractivity contribution is 0.112. The van der Waals surface area contributed by atoms with Crippen LogP contribution in [0.25, 0.3) is 10.9 Å². The first-order valence-corrected chi connectivity index (χ1v) is 6.89. The molecule has 0 saturated carbocycles. The van der Waals surface area contributed by atoms with E-state index in [0.29, 0.717) is 5.56 Å². The number of carbonyl (C=O) groups is 1. The summed E-state index contributed by atoms with van der Waals surface area (Å²) in [5.74, 6) is 0.853. The highest BCUT2D eigenvalue weighted by molar-refractivity contribution is 5.92. The van der Waals surface area contributed by atoms with E-state index in [1.165, 1.54) is 24.8 Å². The van der Waals surface area contributed by atoms with Gasteiger partial charge in [0.15, 0.2) is 6.29 Å². The Bertz CT molecular complexity index is 615. The standard InChI is InChI=1S/C16H18N2O/c1-12-5-6-15-13(9-12)10-14(11-19)16(17-15)18-7-3-2-4-8-18/h5-6,9-11H,2-4,7-8H2,1H3. The maximum absolute atomic E-state index is 11.3. The lowest BCUT2D eigenvalue weighted by Crippen LogP contribution is -2.31. The van der Waals surface area contributed by atoms with Gasteiger partial charge in [-0.05, 0) is 44.4 Å². The Kier molecular flexibility index (Phi) is 3.20. The van der Waals surface area contributed by atoms with Gasteiger partial charge < -0.3 is 4.90 Å². The third-order valence-electron chi connectivity index (χ3n) is 3.76. The molecule has 19 heavy (non-hydrogen) atoms. The summed E-state index contributed by atoms with van der Waals surface area (Å²) in [5, 5.41) is 1.04. The predicted octanol–water partition coefficient (Wildman–Crippen LogP) is 3.35. The van der Waals surface area contributed by atoms with Crippen LogP contribution in [-0.2, 0) is 0 Å². The molecule has 98 valence electrons. The molecule has 2 heterocycles. The van der Waals surface area contributed by atoms with Crippen molar-refractivity contribution in [2.45, 2.75) is 26.2 Å². The Morgan fingerprint density at radius 2 is 1.95 bits per heavy atom. The molecule has 1 aliphatic heterocycles. The number of benzene rings is 1. The molecule has 1 fully saturated rings. The minimum absolute atomic E-state index is 0.708. The molecule has 0 spiro atoms. The number of aldehydes is 1. The maximum Gasteiger partial charge on any atom is 0.153 e. The van der Waals surface area contributed by atoms with Crippen LogP contribution in [0.3, 0.4) is 0 Å². The van der Waals surface area contributed by atoms with Gasteiger partial charge >= 0.3 is 0 Å². The van der Waals surface area contributed by atoms with Gasteiger partial charge in [0.25, 0.3) is 0 Å². The van der Waals surface area contributed by atoms with Crippen molar-refractivity contribution in [1.82, 2.24) is 4.98 Å². The van der Waals surface area contributed by atoms with E-state index in [9.17, 15) is 4.79 Å². The van der Waals surface area contributed by atoms with Gasteiger partial charge in [0.2, 0.25) is 0 Å². The predicted molar refractivity (Wildman–Crippen MR) is 77.9 cm³/mol. The largest absolute Gasteiger partial charge is 0.356 e. The van der Waals surface area contributed by atoms with E-state index in [2.05, 4.69) is 24.0 Å². The molecule has 3 nitrogen and oxygen atoms in total. The van der Waals surface area contributed by atoms with Crippen LogP contribution < -0.4 is 4.90 Å². The van der Waals surface area contributed by atoms with Gasteiger partial charge in [-0.25, -0.2) is 4.98 Å². The van der Waals surface area contributed by atoms with E-state index >= 15 is 0 Å². The van der Waals surface area contributed by atoms with Crippen LogP contribution in [0.5, 0.6) is 0 Å². The smallest absolute Gasteiger partial charge is 0.153 e. The first-order chi connectivity index (χ1) is 9.28. The molecule has 3 heteroatoms. The second-order valence-corrected chi connectivity index (χ2v) is 5.26. The fourth-order valence-corrected chi connectivity index (χ4v) is 2.75. The first-order valence-electron chi connectivity index (χ1n) is 6.89. The Labute approximate surface area is 113 Å². The summed E-state index contributed by atoms with van der Waals surface area (Å²) in [4.78, 5) is 18.3. The molecule has 0 aliphatic carbocycles. The fraction of sp³-hybridized carbons (Fsp3) is 0.375. The molecule has 0 radical (unpaired) electrons. The molecule has 1 saturated heterocycles. The summed E-state index contributed by atoms with van der Waals surface area (Å²) in [7, 11) is 0. The number of hydrogen-bond donors (Lipinski definition) is 0. The molecule has 0 bridgehead atoms. The molecule has 2 aromatic rings. The van der Waals surface area contributed by atoms with Gasteiger partial charge in [0.05, 0.1) is 11.1 Å². The molecular weight excluding hydrogens is 236 g/mol. The van der Waals surface area contributed by atoms with Crippen LogP contribution in [0.1, 0.15) is 35.2 Å². The number of pyridine rings is 1. The van der Waals surface area contributed by atoms with E-state index in [0.717, 1.165) is 36.1 Å². The number of carbonyl (C=O) groups excluding carboxylic acids is 1. The zero-order chi connectivity index (χ0) is 13.2. The van der Waals surface area contributed by atoms with E-state index in [1.54, 1.807) is 0 Å². The molecule has 0 amide bonds. The quantitative estimate of drug-likeness (QED) is 0.771. The summed E-state index contributed by atoms with van der Waals surface area (Å²) in [6.07, 6.45) is 4.58. The number of piperidine rings is 1. The average Bonchev–Trinajstić information content (AvgIpc) is 2.46. The van der Waals surface area contributed by atoms with Gasteiger partial charge in [0.1, 0.15) is 5.82 Å². The van der Waals surface area contributed by atoms with Gasteiger partial charge in [-0.2, -0.15) is 0 Å². The number of aryl methyl sites for hydroxylation is 1. The van der Waals surface area contributed by atoms with Crippen molar-refractivity contribution < 1.29 is 4.79 Å². The molecule has 3 rings (SSSR count). The van der Waals surface area contributed by atoms with Crippen LogP contribution in [0.15, 0.2) is 24.3 Å². The summed E-state index contributed by atoms with van der Waals surface area (Å²) in [6, 6.07) is 8.14. The van der Waals surface area contributed by atoms with Crippen molar-refractivity contribution in [3.05, 3.63) is 35.4 Å². The molecule has 0 N–H and O–H groups in total. The number of fused-ring (bicyclic) bond motifs is 1. The van der Waals surface area contributed by atoms with Crippen LogP contribution in [-0.4, -0.2) is 24.4 Å². The van der Waals surface area contributed by atoms with Crippen LogP contribution in [0, 0.1) is 6.92 Å². The molecule has 1 aliphatic rings. The number of hydrogen-bond acceptors (Lipinski definition) is 3. The lowest BCUT2D eigenvalue weighted by atomic mass is 10.1. The number of anilines is 1. The Balaban J connectivity index is 2.11. The summed E-state index contributed by atoms with van der Waals surface area (Å²) < 4.78 is 0. The van der Waals surface area contributed by atoms with Crippen molar-refractivity contribution in [3.8, 4) is 0 Å². The average molecular weight is 254 g/mol. The third kappa shape index (κ3) is 2.33. The highest BCUT2D eigenvalue weighted by Crippen LogP contribution is 2.25. The lowest BCUT2D eigenvalue weighted by Gasteiger charge is -2.28. The van der Waals surface area contributed by atoms with Crippen molar-refractivity contribution in [3.63, 3.8) is 0 Å². The summed E-state index contributed by atoms with van der Waals surface area (Å²) in [6.45, 7) is 4.06. The highest BCUT2D eigenvalue weighted by atomic mass is 16.1. The van der Waals surface area contributed by atoms with Gasteiger partial charge in [-0.1, -0.05) is 11.6 Å². The number of nitrogens with zero attached hydrogens (tertiary/aromatic N) is 2. The monoisotopic (exact) mass is 254 g/mol. The zero-order valence-corrected chi connectivity index (χ0v) is 11.2. The fourth-order valence-electron chi connectivity index (χ4n) is 2.75. The van der Waals surface area contributed by atoms with Crippen molar-refractivity contribution in [2.75, 3.05) is 18.0 Å². The second-order valence-electron chi connectivity index (χ2n) is 5.26. The van der Waals surface area contributed by atoms with Gasteiger partial charge in [-0.3, -0.25) is 4.79 Å².